The third kappa shape index (κ3) is 10.3. The summed E-state index contributed by atoms with van der Waals surface area (Å²) in [6.07, 6.45) is 23.3. The molecule has 4 aliphatic rings. The van der Waals surface area contributed by atoms with Crippen LogP contribution in [0.3, 0.4) is 0 Å². The van der Waals surface area contributed by atoms with E-state index in [1.807, 2.05) is 36.7 Å². The molecule has 6 atom stereocenters. The Morgan fingerprint density at radius 2 is 0.611 bits per heavy atom. The normalized spacial score (nSPS) is 25.8. The molecule has 0 aromatic heterocycles. The zero-order valence-electron chi connectivity index (χ0n) is 30.2. The molecule has 4 N–H and O–H groups in total. The quantitative estimate of drug-likeness (QED) is 0.232. The maximum Gasteiger partial charge on any atom is 0.133 e. The molecule has 3 fully saturated rings. The molecule has 0 saturated heterocycles. The van der Waals surface area contributed by atoms with Crippen LogP contribution in [-0.2, 0) is 0 Å². The Morgan fingerprint density at radius 3 is 0.889 bits per heavy atom. The van der Waals surface area contributed by atoms with Crippen LogP contribution in [0.15, 0.2) is 85.8 Å². The van der Waals surface area contributed by atoms with Crippen molar-refractivity contribution in [2.75, 3.05) is 0 Å². The van der Waals surface area contributed by atoms with Crippen molar-refractivity contribution in [2.24, 2.45) is 30.0 Å². The summed E-state index contributed by atoms with van der Waals surface area (Å²) in [7, 11) is 0. The lowest BCUT2D eigenvalue weighted by molar-refractivity contribution is 0.389. The minimum absolute atomic E-state index is 0. The predicted molar refractivity (Wildman–Crippen MR) is 233 cm³/mol. The van der Waals surface area contributed by atoms with Crippen molar-refractivity contribution >= 4 is 85.1 Å². The summed E-state index contributed by atoms with van der Waals surface area (Å²) in [5.41, 5.74) is 4.56. The van der Waals surface area contributed by atoms with Gasteiger partial charge in [-0.05, 0) is 92.1 Å². The standard InChI is InChI=1S/C42H45Br3N6O2.H2O/c43-32-14-26-13-27(15-32)21-47-36-8-2-4-10-38(36)49-23-29-17-34(45)19-31(42(29)53)25-51-40-12-6-5-11-39(40)50-24-30-18-33(44)16-28(41(30)52)22-48-37-9-3-1-7-35(37)46-20-26;/h13-25,35-40,52-53H,1-12H2;1H2. The Morgan fingerprint density at radius 1 is 0.370 bits per heavy atom. The van der Waals surface area contributed by atoms with E-state index in [9.17, 15) is 10.2 Å². The van der Waals surface area contributed by atoms with Crippen LogP contribution in [0.4, 0.5) is 0 Å². The Balaban J connectivity index is 0.00000497. The van der Waals surface area contributed by atoms with Crippen LogP contribution in [-0.4, -0.2) is 89.2 Å². The average Bonchev–Trinajstić information content (AvgIpc) is 3.16. The molecule has 0 radical (unpaired) electrons. The highest BCUT2D eigenvalue weighted by atomic mass is 79.9. The molecular formula is C42H47Br3N6O3. The first kappa shape index (κ1) is 40.3. The molecule has 1 aliphatic heterocycles. The summed E-state index contributed by atoms with van der Waals surface area (Å²) in [4.78, 5) is 30.1. The molecule has 0 amide bonds. The van der Waals surface area contributed by atoms with Crippen LogP contribution in [0.5, 0.6) is 11.5 Å². The van der Waals surface area contributed by atoms with Crippen molar-refractivity contribution in [1.82, 2.24) is 0 Å². The molecule has 6 unspecified atom stereocenters. The number of hydrogen-bond donors (Lipinski definition) is 2. The maximum atomic E-state index is 11.4. The van der Waals surface area contributed by atoms with Crippen molar-refractivity contribution in [3.05, 3.63) is 89.3 Å². The lowest BCUT2D eigenvalue weighted by Crippen LogP contribution is -2.27. The number of nitrogens with zero attached hydrogens (tertiary/aromatic N) is 6. The number of aromatic hydroxyl groups is 2. The average molecular weight is 924 g/mol. The Kier molecular flexibility index (Phi) is 14.2. The van der Waals surface area contributed by atoms with Crippen molar-refractivity contribution < 1.29 is 15.7 Å². The molecule has 3 aliphatic carbocycles. The van der Waals surface area contributed by atoms with Gasteiger partial charge in [0.05, 0.1) is 36.3 Å². The van der Waals surface area contributed by atoms with Crippen molar-refractivity contribution in [3.8, 4) is 11.5 Å². The van der Waals surface area contributed by atoms with Crippen LogP contribution in [0.2, 0.25) is 0 Å². The van der Waals surface area contributed by atoms with Gasteiger partial charge in [0.15, 0.2) is 0 Å². The second-order valence-corrected chi connectivity index (χ2v) is 17.4. The molecular weight excluding hydrogens is 876 g/mol. The van der Waals surface area contributed by atoms with E-state index in [4.69, 9.17) is 30.0 Å². The third-order valence-electron chi connectivity index (χ3n) is 10.7. The maximum absolute atomic E-state index is 11.4. The van der Waals surface area contributed by atoms with Crippen LogP contribution in [0, 0.1) is 0 Å². The molecule has 6 bridgehead atoms. The smallest absolute Gasteiger partial charge is 0.133 e. The van der Waals surface area contributed by atoms with Gasteiger partial charge in [0.25, 0.3) is 0 Å². The lowest BCUT2D eigenvalue weighted by atomic mass is 9.91. The Labute approximate surface area is 342 Å². The van der Waals surface area contributed by atoms with Crippen LogP contribution < -0.4 is 0 Å². The molecule has 284 valence electrons. The summed E-state index contributed by atoms with van der Waals surface area (Å²) in [6.45, 7) is 0. The zero-order valence-corrected chi connectivity index (χ0v) is 34.9. The fourth-order valence-corrected chi connectivity index (χ4v) is 9.36. The molecule has 0 spiro atoms. The predicted octanol–water partition coefficient (Wildman–Crippen LogP) is 9.42. The number of fused-ring (bicyclic) bond motifs is 9. The van der Waals surface area contributed by atoms with Crippen LogP contribution in [0.25, 0.3) is 0 Å². The fourth-order valence-electron chi connectivity index (χ4n) is 7.85. The Bertz CT molecular complexity index is 1840. The first-order valence-electron chi connectivity index (χ1n) is 18.8. The lowest BCUT2D eigenvalue weighted by Gasteiger charge is -2.26. The van der Waals surface area contributed by atoms with Gasteiger partial charge in [0.1, 0.15) is 11.5 Å². The van der Waals surface area contributed by atoms with Crippen LogP contribution >= 0.6 is 47.8 Å². The number of hydrogen-bond acceptors (Lipinski definition) is 8. The number of halogens is 3. The zero-order chi connectivity index (χ0) is 36.7. The van der Waals surface area contributed by atoms with E-state index in [1.165, 1.54) is 0 Å². The first-order chi connectivity index (χ1) is 25.8. The van der Waals surface area contributed by atoms with E-state index in [-0.39, 0.29) is 53.2 Å². The van der Waals surface area contributed by atoms with Gasteiger partial charge in [-0.25, -0.2) is 0 Å². The molecule has 3 aromatic carbocycles. The van der Waals surface area contributed by atoms with Gasteiger partial charge in [0, 0.05) is 73.0 Å². The monoisotopic (exact) mass is 920 g/mol. The van der Waals surface area contributed by atoms with E-state index in [2.05, 4.69) is 66.0 Å². The summed E-state index contributed by atoms with van der Waals surface area (Å²) in [5.74, 6) is 0.308. The van der Waals surface area contributed by atoms with E-state index >= 15 is 0 Å². The molecule has 3 aromatic rings. The van der Waals surface area contributed by atoms with Gasteiger partial charge in [-0.15, -0.1) is 0 Å². The number of rotatable bonds is 0. The largest absolute Gasteiger partial charge is 0.507 e. The molecule has 12 heteroatoms. The molecule has 3 saturated carbocycles. The van der Waals surface area contributed by atoms with Crippen molar-refractivity contribution in [2.45, 2.75) is 113 Å². The van der Waals surface area contributed by atoms with Gasteiger partial charge in [-0.3, -0.25) is 30.0 Å². The van der Waals surface area contributed by atoms with E-state index in [1.54, 1.807) is 24.9 Å². The molecule has 1 heterocycles. The second kappa shape index (κ2) is 19.0. The number of aliphatic imine (C=N–C) groups is 6. The molecule has 7 rings (SSSR count). The van der Waals surface area contributed by atoms with Gasteiger partial charge >= 0.3 is 0 Å². The molecule has 9 nitrogen and oxygen atoms in total. The van der Waals surface area contributed by atoms with E-state index in [0.717, 1.165) is 102 Å². The van der Waals surface area contributed by atoms with Gasteiger partial charge in [-0.1, -0.05) is 86.3 Å². The Hall–Kier alpha value is -3.32. The van der Waals surface area contributed by atoms with Crippen molar-refractivity contribution in [1.29, 1.82) is 0 Å². The number of phenolic OH excluding ortho intramolecular Hbond substituents is 2. The highest BCUT2D eigenvalue weighted by molar-refractivity contribution is 9.11. The number of phenols is 2. The highest BCUT2D eigenvalue weighted by Crippen LogP contribution is 2.31. The SMILES string of the molecule is O.Oc1c2cc(Br)cc1C=NC1CCCCC1N=Cc1cc(Br)cc(c1O)C=NC1CCCCC1N=Cc1cc(Br)cc(c1)C=NC1CCCCC1N=C2. The van der Waals surface area contributed by atoms with Gasteiger partial charge < -0.3 is 15.7 Å². The van der Waals surface area contributed by atoms with Gasteiger partial charge in [0.2, 0.25) is 0 Å². The number of benzene rings is 3. The highest BCUT2D eigenvalue weighted by Gasteiger charge is 2.26. The fraction of sp³-hybridized carbons (Fsp3) is 0.429. The minimum atomic E-state index is -0.0427. The second-order valence-electron chi connectivity index (χ2n) is 14.6. The summed E-state index contributed by atoms with van der Waals surface area (Å²) in [6, 6.07) is 13.9. The van der Waals surface area contributed by atoms with Gasteiger partial charge in [-0.2, -0.15) is 0 Å². The summed E-state index contributed by atoms with van der Waals surface area (Å²) in [5, 5.41) is 22.8. The minimum Gasteiger partial charge on any atom is -0.507 e. The van der Waals surface area contributed by atoms with E-state index < -0.39 is 0 Å². The molecule has 54 heavy (non-hydrogen) atoms. The third-order valence-corrected chi connectivity index (χ3v) is 12.1. The van der Waals surface area contributed by atoms with Crippen molar-refractivity contribution in [3.63, 3.8) is 0 Å². The summed E-state index contributed by atoms with van der Waals surface area (Å²) >= 11 is 11.0. The topological polar surface area (TPSA) is 146 Å². The first-order valence-corrected chi connectivity index (χ1v) is 21.2. The van der Waals surface area contributed by atoms with Crippen LogP contribution in [0.1, 0.15) is 110 Å². The summed E-state index contributed by atoms with van der Waals surface area (Å²) < 4.78 is 2.66. The van der Waals surface area contributed by atoms with E-state index in [0.29, 0.717) is 22.3 Å².